The molecule has 0 bridgehead atoms. The van der Waals surface area contributed by atoms with Crippen molar-refractivity contribution >= 4 is 11.6 Å². The maximum Gasteiger partial charge on any atom is 0.330 e. The number of ether oxygens (including phenoxy) is 1. The monoisotopic (exact) mass is 518 g/mol. The minimum Gasteiger partial charge on any atom is -0.387 e. The quantitative estimate of drug-likeness (QED) is 0.211. The Labute approximate surface area is 217 Å². The summed E-state index contributed by atoms with van der Waals surface area (Å²) in [6.45, 7) is 4.77. The van der Waals surface area contributed by atoms with Crippen LogP contribution in [0.3, 0.4) is 0 Å². The molecule has 0 spiro atoms. The molecule has 1 aliphatic heterocycles. The summed E-state index contributed by atoms with van der Waals surface area (Å²) in [6, 6.07) is 1.78. The summed E-state index contributed by atoms with van der Waals surface area (Å²) < 4.78 is 6.85. The maximum atomic E-state index is 12.2. The van der Waals surface area contributed by atoms with Crippen LogP contribution in [0.15, 0.2) is 28.2 Å². The number of aryl methyl sites for hydroxylation is 1. The molecule has 1 saturated heterocycles. The molecule has 11 heteroatoms. The molecule has 2 aromatic rings. The van der Waals surface area contributed by atoms with E-state index in [1.807, 2.05) is 0 Å². The van der Waals surface area contributed by atoms with Crippen LogP contribution in [0, 0.1) is 6.92 Å². The number of nitrogens with one attached hydrogen (secondary N) is 3. The molecule has 0 aromatic carbocycles. The summed E-state index contributed by atoms with van der Waals surface area (Å²) >= 11 is 0. The molecule has 206 valence electrons. The fourth-order valence-corrected chi connectivity index (χ4v) is 4.49. The van der Waals surface area contributed by atoms with Crippen LogP contribution in [0.2, 0.25) is 0 Å². The molecule has 3 rings (SSSR count). The van der Waals surface area contributed by atoms with Gasteiger partial charge < -0.3 is 25.6 Å². The lowest BCUT2D eigenvalue weighted by atomic mass is 10.1. The first-order valence-electron chi connectivity index (χ1n) is 13.5. The van der Waals surface area contributed by atoms with E-state index in [1.54, 1.807) is 13.0 Å². The zero-order chi connectivity index (χ0) is 26.6. The summed E-state index contributed by atoms with van der Waals surface area (Å²) in [7, 11) is 0. The first-order valence-corrected chi connectivity index (χ1v) is 13.5. The second-order valence-electron chi connectivity index (χ2n) is 9.80. The highest BCUT2D eigenvalue weighted by molar-refractivity contribution is 5.46. The van der Waals surface area contributed by atoms with E-state index >= 15 is 0 Å². The zero-order valence-electron chi connectivity index (χ0n) is 22.0. The normalized spacial score (nSPS) is 21.3. The van der Waals surface area contributed by atoms with Gasteiger partial charge in [-0.15, -0.1) is 0 Å². The van der Waals surface area contributed by atoms with Crippen LogP contribution in [0.4, 0.5) is 11.6 Å². The topological polar surface area (TPSA) is 154 Å². The van der Waals surface area contributed by atoms with E-state index in [2.05, 4.69) is 32.5 Å². The predicted molar refractivity (Wildman–Crippen MR) is 143 cm³/mol. The average molecular weight is 519 g/mol. The standard InChI is InChI=1S/C26H42N6O5/c1-3-4-5-6-7-8-9-10-11-12-13-27-20-14-21(30-17-29-20)28-15-19-22(33)23(34)25(37-19)32-16-18(2)24(35)31-26(32)36/h14,16-17,19,22-23,25,33-34H,3-13,15H2,1-2H3,(H,31,35,36)(H2,27,28,29,30)/t19-,22-,23-,25-/m1/s1. The minimum absolute atomic E-state index is 0.153. The molecule has 3 heterocycles. The smallest absolute Gasteiger partial charge is 0.330 e. The molecule has 0 radical (unpaired) electrons. The van der Waals surface area contributed by atoms with Gasteiger partial charge in [0.1, 0.15) is 36.3 Å². The van der Waals surface area contributed by atoms with Gasteiger partial charge in [-0.3, -0.25) is 14.3 Å². The zero-order valence-corrected chi connectivity index (χ0v) is 22.0. The van der Waals surface area contributed by atoms with Crippen LogP contribution in [0.25, 0.3) is 0 Å². The highest BCUT2D eigenvalue weighted by atomic mass is 16.6. The van der Waals surface area contributed by atoms with Crippen LogP contribution in [0.5, 0.6) is 0 Å². The third-order valence-corrected chi connectivity index (χ3v) is 6.75. The van der Waals surface area contributed by atoms with Crippen molar-refractivity contribution < 1.29 is 14.9 Å². The van der Waals surface area contributed by atoms with Gasteiger partial charge in [-0.05, 0) is 13.3 Å². The van der Waals surface area contributed by atoms with Crippen LogP contribution in [0.1, 0.15) is 82.9 Å². The Morgan fingerprint density at radius 1 is 0.946 bits per heavy atom. The molecule has 0 amide bonds. The number of unbranched alkanes of at least 4 members (excludes halogenated alkanes) is 9. The van der Waals surface area contributed by atoms with Crippen molar-refractivity contribution in [3.8, 4) is 0 Å². The Balaban J connectivity index is 1.39. The van der Waals surface area contributed by atoms with E-state index in [0.29, 0.717) is 17.2 Å². The molecular formula is C26H42N6O5. The first kappa shape index (κ1) is 28.8. The van der Waals surface area contributed by atoms with Crippen molar-refractivity contribution in [1.29, 1.82) is 0 Å². The van der Waals surface area contributed by atoms with Gasteiger partial charge in [0.2, 0.25) is 0 Å². The van der Waals surface area contributed by atoms with Gasteiger partial charge in [-0.25, -0.2) is 14.8 Å². The van der Waals surface area contributed by atoms with Crippen molar-refractivity contribution in [2.24, 2.45) is 0 Å². The summed E-state index contributed by atoms with van der Waals surface area (Å²) in [6.07, 6.45) is 11.2. The number of rotatable bonds is 16. The largest absolute Gasteiger partial charge is 0.387 e. The van der Waals surface area contributed by atoms with E-state index in [0.717, 1.165) is 17.5 Å². The van der Waals surface area contributed by atoms with Crippen molar-refractivity contribution in [2.45, 2.75) is 103 Å². The fraction of sp³-hybridized carbons (Fsp3) is 0.692. The molecule has 2 aromatic heterocycles. The van der Waals surface area contributed by atoms with Crippen molar-refractivity contribution in [1.82, 2.24) is 19.5 Å². The third kappa shape index (κ3) is 8.65. The number of aromatic amines is 1. The maximum absolute atomic E-state index is 12.2. The lowest BCUT2D eigenvalue weighted by Crippen LogP contribution is -2.38. The lowest BCUT2D eigenvalue weighted by molar-refractivity contribution is -0.0364. The van der Waals surface area contributed by atoms with E-state index in [-0.39, 0.29) is 6.54 Å². The summed E-state index contributed by atoms with van der Waals surface area (Å²) in [5, 5.41) is 27.3. The molecule has 0 unspecified atom stereocenters. The number of H-pyrrole nitrogens is 1. The number of hydrogen-bond donors (Lipinski definition) is 5. The second-order valence-corrected chi connectivity index (χ2v) is 9.80. The molecule has 11 nitrogen and oxygen atoms in total. The number of aliphatic hydroxyl groups excluding tert-OH is 2. The number of nitrogens with zero attached hydrogens (tertiary/aromatic N) is 3. The Morgan fingerprint density at radius 2 is 1.57 bits per heavy atom. The summed E-state index contributed by atoms with van der Waals surface area (Å²) in [5.41, 5.74) is -0.923. The van der Waals surface area contributed by atoms with Gasteiger partial charge in [-0.2, -0.15) is 0 Å². The van der Waals surface area contributed by atoms with Crippen LogP contribution < -0.4 is 21.9 Å². The molecule has 0 saturated carbocycles. The van der Waals surface area contributed by atoms with E-state index < -0.39 is 35.8 Å². The van der Waals surface area contributed by atoms with Crippen molar-refractivity contribution in [3.05, 3.63) is 45.0 Å². The highest BCUT2D eigenvalue weighted by Crippen LogP contribution is 2.28. The van der Waals surface area contributed by atoms with Crippen LogP contribution in [-0.2, 0) is 4.74 Å². The molecule has 1 aliphatic rings. The minimum atomic E-state index is -1.33. The third-order valence-electron chi connectivity index (χ3n) is 6.75. The molecule has 4 atom stereocenters. The van der Waals surface area contributed by atoms with Gasteiger partial charge in [-0.1, -0.05) is 64.7 Å². The Hall–Kier alpha value is -2.76. The van der Waals surface area contributed by atoms with Crippen molar-refractivity contribution in [3.63, 3.8) is 0 Å². The molecular weight excluding hydrogens is 476 g/mol. The Morgan fingerprint density at radius 3 is 2.24 bits per heavy atom. The molecule has 0 aliphatic carbocycles. The van der Waals surface area contributed by atoms with Gasteiger partial charge in [0.05, 0.1) is 0 Å². The van der Waals surface area contributed by atoms with Gasteiger partial charge in [0.15, 0.2) is 6.23 Å². The second kappa shape index (κ2) is 14.8. The molecule has 1 fully saturated rings. The molecule has 37 heavy (non-hydrogen) atoms. The average Bonchev–Trinajstić information content (AvgIpc) is 3.17. The summed E-state index contributed by atoms with van der Waals surface area (Å²) in [4.78, 5) is 34.4. The SMILES string of the molecule is CCCCCCCCCCCCNc1cc(NC[C@H]2O[C@@H](n3cc(C)c(=O)[nH]c3=O)[C@H](O)[C@@H]2O)ncn1. The first-order chi connectivity index (χ1) is 17.9. The van der Waals surface area contributed by atoms with Crippen LogP contribution >= 0.6 is 0 Å². The van der Waals surface area contributed by atoms with Gasteiger partial charge in [0, 0.05) is 30.9 Å². The lowest BCUT2D eigenvalue weighted by Gasteiger charge is -2.17. The van der Waals surface area contributed by atoms with E-state index in [1.165, 1.54) is 70.3 Å². The molecule has 5 N–H and O–H groups in total. The number of hydrogen-bond acceptors (Lipinski definition) is 9. The number of aromatic nitrogens is 4. The van der Waals surface area contributed by atoms with Gasteiger partial charge >= 0.3 is 5.69 Å². The van der Waals surface area contributed by atoms with E-state index in [9.17, 15) is 19.8 Å². The predicted octanol–water partition coefficient (Wildman–Crippen LogP) is 2.70. The number of anilines is 2. The van der Waals surface area contributed by atoms with Crippen molar-refractivity contribution in [2.75, 3.05) is 23.7 Å². The van der Waals surface area contributed by atoms with Crippen LogP contribution in [-0.4, -0.2) is 61.1 Å². The van der Waals surface area contributed by atoms with E-state index in [4.69, 9.17) is 4.74 Å². The Kier molecular flexibility index (Phi) is 11.6. The fourth-order valence-electron chi connectivity index (χ4n) is 4.49. The van der Waals surface area contributed by atoms with Gasteiger partial charge in [0.25, 0.3) is 5.56 Å². The number of aliphatic hydroxyl groups is 2. The summed E-state index contributed by atoms with van der Waals surface area (Å²) in [5.74, 6) is 1.25. The highest BCUT2D eigenvalue weighted by Gasteiger charge is 2.44. The Bertz CT molecular complexity index is 1070.